The molecule has 104 valence electrons. The van der Waals surface area contributed by atoms with Gasteiger partial charge in [0.25, 0.3) is 0 Å². The third-order valence-corrected chi connectivity index (χ3v) is 3.52. The standard InChI is InChI=1S/C15H23N3O/c1-11(2)15(19)17-12-6-7-14(13(16)10-12)18-8-4-3-5-9-18/h6-7,10-11H,3-5,8-9,16H2,1-2H3,(H,17,19). The topological polar surface area (TPSA) is 58.4 Å². The third-order valence-electron chi connectivity index (χ3n) is 3.52. The van der Waals surface area contributed by atoms with Gasteiger partial charge in [0.15, 0.2) is 0 Å². The lowest BCUT2D eigenvalue weighted by atomic mass is 10.1. The SMILES string of the molecule is CC(C)C(=O)Nc1ccc(N2CCCCC2)c(N)c1. The van der Waals surface area contributed by atoms with Crippen LogP contribution in [0.25, 0.3) is 0 Å². The van der Waals surface area contributed by atoms with Crippen LogP contribution in [0.2, 0.25) is 0 Å². The highest BCUT2D eigenvalue weighted by molar-refractivity contribution is 5.93. The Morgan fingerprint density at radius 3 is 2.53 bits per heavy atom. The van der Waals surface area contributed by atoms with Crippen LogP contribution in [0.5, 0.6) is 0 Å². The van der Waals surface area contributed by atoms with E-state index in [4.69, 9.17) is 5.73 Å². The molecule has 1 fully saturated rings. The minimum atomic E-state index is -0.0250. The molecular weight excluding hydrogens is 238 g/mol. The predicted octanol–water partition coefficient (Wildman–Crippen LogP) is 2.85. The van der Waals surface area contributed by atoms with Crippen LogP contribution in [-0.2, 0) is 4.79 Å². The molecule has 1 aromatic carbocycles. The Labute approximate surface area is 115 Å². The maximum absolute atomic E-state index is 11.6. The average Bonchev–Trinajstić information content (AvgIpc) is 2.39. The Kier molecular flexibility index (Phi) is 4.30. The second-order valence-electron chi connectivity index (χ2n) is 5.47. The Morgan fingerprint density at radius 2 is 1.95 bits per heavy atom. The van der Waals surface area contributed by atoms with Crippen LogP contribution >= 0.6 is 0 Å². The summed E-state index contributed by atoms with van der Waals surface area (Å²) < 4.78 is 0. The first kappa shape index (κ1) is 13.7. The van der Waals surface area contributed by atoms with E-state index in [9.17, 15) is 4.79 Å². The molecule has 0 saturated carbocycles. The molecule has 1 aromatic rings. The molecule has 0 radical (unpaired) electrons. The fraction of sp³-hybridized carbons (Fsp3) is 0.533. The van der Waals surface area contributed by atoms with Crippen molar-refractivity contribution in [3.63, 3.8) is 0 Å². The van der Waals surface area contributed by atoms with Crippen molar-refractivity contribution in [2.75, 3.05) is 29.0 Å². The van der Waals surface area contributed by atoms with E-state index in [0.717, 1.165) is 30.2 Å². The van der Waals surface area contributed by atoms with E-state index in [1.165, 1.54) is 19.3 Å². The molecule has 0 atom stereocenters. The molecule has 4 nitrogen and oxygen atoms in total. The van der Waals surface area contributed by atoms with E-state index in [-0.39, 0.29) is 11.8 Å². The van der Waals surface area contributed by atoms with E-state index in [1.54, 1.807) is 0 Å². The molecule has 19 heavy (non-hydrogen) atoms. The van der Waals surface area contributed by atoms with Crippen molar-refractivity contribution in [3.8, 4) is 0 Å². The monoisotopic (exact) mass is 261 g/mol. The van der Waals surface area contributed by atoms with Gasteiger partial charge in [0.2, 0.25) is 5.91 Å². The molecular formula is C15H23N3O. The molecule has 0 unspecified atom stereocenters. The Morgan fingerprint density at radius 1 is 1.26 bits per heavy atom. The van der Waals surface area contributed by atoms with Gasteiger partial charge in [-0.25, -0.2) is 0 Å². The maximum Gasteiger partial charge on any atom is 0.226 e. The average molecular weight is 261 g/mol. The molecule has 3 N–H and O–H groups in total. The molecule has 1 amide bonds. The van der Waals surface area contributed by atoms with Gasteiger partial charge < -0.3 is 16.0 Å². The zero-order chi connectivity index (χ0) is 13.8. The molecule has 0 bridgehead atoms. The number of rotatable bonds is 3. The van der Waals surface area contributed by atoms with Crippen molar-refractivity contribution in [3.05, 3.63) is 18.2 Å². The molecule has 1 aliphatic heterocycles. The number of nitrogens with zero attached hydrogens (tertiary/aromatic N) is 1. The first-order valence-electron chi connectivity index (χ1n) is 7.03. The van der Waals surface area contributed by atoms with Crippen molar-refractivity contribution < 1.29 is 4.79 Å². The predicted molar refractivity (Wildman–Crippen MR) is 80.4 cm³/mol. The van der Waals surface area contributed by atoms with Crippen molar-refractivity contribution in [2.45, 2.75) is 33.1 Å². The van der Waals surface area contributed by atoms with E-state index in [2.05, 4.69) is 10.2 Å². The number of carbonyl (C=O) groups excluding carboxylic acids is 1. The summed E-state index contributed by atoms with van der Waals surface area (Å²) in [7, 11) is 0. The van der Waals surface area contributed by atoms with E-state index in [1.807, 2.05) is 32.0 Å². The fourth-order valence-corrected chi connectivity index (χ4v) is 2.34. The second kappa shape index (κ2) is 5.95. The molecule has 0 spiro atoms. The number of anilines is 3. The van der Waals surface area contributed by atoms with Crippen LogP contribution in [0.15, 0.2) is 18.2 Å². The van der Waals surface area contributed by atoms with Crippen LogP contribution in [0, 0.1) is 5.92 Å². The van der Waals surface area contributed by atoms with Gasteiger partial charge in [0.1, 0.15) is 0 Å². The molecule has 1 aliphatic rings. The Bertz CT molecular complexity index is 451. The minimum absolute atomic E-state index is 0.0186. The summed E-state index contributed by atoms with van der Waals surface area (Å²) >= 11 is 0. The summed E-state index contributed by atoms with van der Waals surface area (Å²) in [5, 5.41) is 2.87. The number of nitrogens with two attached hydrogens (primary N) is 1. The first-order chi connectivity index (χ1) is 9.08. The zero-order valence-electron chi connectivity index (χ0n) is 11.8. The third kappa shape index (κ3) is 3.40. The molecule has 1 saturated heterocycles. The lowest BCUT2D eigenvalue weighted by molar-refractivity contribution is -0.118. The van der Waals surface area contributed by atoms with Crippen molar-refractivity contribution >= 4 is 23.0 Å². The van der Waals surface area contributed by atoms with E-state index < -0.39 is 0 Å². The van der Waals surface area contributed by atoms with E-state index >= 15 is 0 Å². The van der Waals surface area contributed by atoms with E-state index in [0.29, 0.717) is 0 Å². The summed E-state index contributed by atoms with van der Waals surface area (Å²) in [5.41, 5.74) is 8.71. The normalized spacial score (nSPS) is 15.6. The van der Waals surface area contributed by atoms with Gasteiger partial charge in [-0.05, 0) is 37.5 Å². The van der Waals surface area contributed by atoms with Crippen LogP contribution < -0.4 is 16.0 Å². The zero-order valence-corrected chi connectivity index (χ0v) is 11.8. The van der Waals surface area contributed by atoms with Gasteiger partial charge in [0.05, 0.1) is 11.4 Å². The number of nitrogen functional groups attached to an aromatic ring is 1. The first-order valence-corrected chi connectivity index (χ1v) is 7.03. The highest BCUT2D eigenvalue weighted by atomic mass is 16.1. The van der Waals surface area contributed by atoms with Crippen LogP contribution in [-0.4, -0.2) is 19.0 Å². The lowest BCUT2D eigenvalue weighted by Crippen LogP contribution is -2.30. The summed E-state index contributed by atoms with van der Waals surface area (Å²) in [6.45, 7) is 5.89. The molecule has 0 aliphatic carbocycles. The maximum atomic E-state index is 11.6. The van der Waals surface area contributed by atoms with Gasteiger partial charge >= 0.3 is 0 Å². The summed E-state index contributed by atoms with van der Waals surface area (Å²) in [4.78, 5) is 14.0. The van der Waals surface area contributed by atoms with Crippen LogP contribution in [0.3, 0.4) is 0 Å². The van der Waals surface area contributed by atoms with Gasteiger partial charge in [-0.1, -0.05) is 13.8 Å². The molecule has 2 rings (SSSR count). The van der Waals surface area contributed by atoms with Gasteiger partial charge in [-0.2, -0.15) is 0 Å². The highest BCUT2D eigenvalue weighted by Gasteiger charge is 2.14. The molecule has 0 aromatic heterocycles. The Hall–Kier alpha value is -1.71. The Balaban J connectivity index is 2.10. The molecule has 4 heteroatoms. The highest BCUT2D eigenvalue weighted by Crippen LogP contribution is 2.29. The number of hydrogen-bond acceptors (Lipinski definition) is 3. The van der Waals surface area contributed by atoms with Gasteiger partial charge in [0, 0.05) is 24.7 Å². The van der Waals surface area contributed by atoms with Crippen molar-refractivity contribution in [2.24, 2.45) is 5.92 Å². The number of benzene rings is 1. The second-order valence-corrected chi connectivity index (χ2v) is 5.47. The van der Waals surface area contributed by atoms with Crippen molar-refractivity contribution in [1.29, 1.82) is 0 Å². The minimum Gasteiger partial charge on any atom is -0.397 e. The van der Waals surface area contributed by atoms with Crippen LogP contribution in [0.1, 0.15) is 33.1 Å². The summed E-state index contributed by atoms with van der Waals surface area (Å²) in [5.74, 6) is -0.00637. The molecule has 1 heterocycles. The quantitative estimate of drug-likeness (QED) is 0.823. The summed E-state index contributed by atoms with van der Waals surface area (Å²) in [6, 6.07) is 5.79. The fourth-order valence-electron chi connectivity index (χ4n) is 2.34. The van der Waals surface area contributed by atoms with Gasteiger partial charge in [-0.3, -0.25) is 4.79 Å². The number of carbonyl (C=O) groups is 1. The summed E-state index contributed by atoms with van der Waals surface area (Å²) in [6.07, 6.45) is 3.76. The lowest BCUT2D eigenvalue weighted by Gasteiger charge is -2.30. The van der Waals surface area contributed by atoms with Crippen molar-refractivity contribution in [1.82, 2.24) is 0 Å². The van der Waals surface area contributed by atoms with Gasteiger partial charge in [-0.15, -0.1) is 0 Å². The number of hydrogen-bond donors (Lipinski definition) is 2. The van der Waals surface area contributed by atoms with Crippen LogP contribution in [0.4, 0.5) is 17.1 Å². The number of nitrogens with one attached hydrogen (secondary N) is 1. The number of piperidine rings is 1. The smallest absolute Gasteiger partial charge is 0.226 e. The largest absolute Gasteiger partial charge is 0.397 e. The number of amides is 1.